The lowest BCUT2D eigenvalue weighted by molar-refractivity contribution is -0.384. The minimum atomic E-state index is -0.457. The first-order chi connectivity index (χ1) is 15.4. The zero-order valence-corrected chi connectivity index (χ0v) is 18.0. The Labute approximate surface area is 193 Å². The number of ketones is 1. The molecule has 0 spiro atoms. The topological polar surface area (TPSA) is 78.0 Å². The van der Waals surface area contributed by atoms with Gasteiger partial charge in [-0.1, -0.05) is 41.4 Å². The van der Waals surface area contributed by atoms with E-state index in [1.165, 1.54) is 24.3 Å². The predicted molar refractivity (Wildman–Crippen MR) is 125 cm³/mol. The summed E-state index contributed by atoms with van der Waals surface area (Å²) in [6, 6.07) is 20.3. The average Bonchev–Trinajstić information content (AvgIpc) is 3.22. The summed E-state index contributed by atoms with van der Waals surface area (Å²) in [5.41, 5.74) is 3.08. The first kappa shape index (κ1) is 21.5. The molecule has 4 aromatic rings. The Hall–Kier alpha value is -3.74. The van der Waals surface area contributed by atoms with Gasteiger partial charge in [-0.15, -0.1) is 0 Å². The number of non-ortho nitro benzene ring substituents is 1. The van der Waals surface area contributed by atoms with Crippen molar-refractivity contribution in [3.8, 4) is 16.9 Å². The van der Waals surface area contributed by atoms with Crippen LogP contribution in [-0.4, -0.2) is 20.5 Å². The SMILES string of the molecule is O=C(/C=C/c1cn(-c2ccccc2)nc1-c1ccc([N+](=O)[O-])cc1)c1ccc(Cl)cc1Cl. The molecular formula is C24H15Cl2N3O3. The average molecular weight is 464 g/mol. The maximum absolute atomic E-state index is 12.7. The minimum absolute atomic E-state index is 0.0131. The van der Waals surface area contributed by atoms with E-state index in [4.69, 9.17) is 23.2 Å². The molecule has 0 aliphatic carbocycles. The lowest BCUT2D eigenvalue weighted by Gasteiger charge is -2.01. The van der Waals surface area contributed by atoms with Crippen LogP contribution in [0, 0.1) is 10.1 Å². The Morgan fingerprint density at radius 3 is 2.38 bits per heavy atom. The van der Waals surface area contributed by atoms with Gasteiger partial charge in [0.2, 0.25) is 0 Å². The van der Waals surface area contributed by atoms with E-state index in [1.807, 2.05) is 30.3 Å². The first-order valence-electron chi connectivity index (χ1n) is 9.50. The molecule has 0 radical (unpaired) electrons. The fourth-order valence-corrected chi connectivity index (χ4v) is 3.63. The van der Waals surface area contributed by atoms with Gasteiger partial charge in [-0.2, -0.15) is 5.10 Å². The third-order valence-electron chi connectivity index (χ3n) is 4.73. The summed E-state index contributed by atoms with van der Waals surface area (Å²) in [4.78, 5) is 23.2. The fraction of sp³-hybridized carbons (Fsp3) is 0. The number of rotatable bonds is 6. The van der Waals surface area contributed by atoms with E-state index in [0.29, 0.717) is 27.4 Å². The van der Waals surface area contributed by atoms with Gasteiger partial charge >= 0.3 is 0 Å². The van der Waals surface area contributed by atoms with Crippen LogP contribution in [0.5, 0.6) is 0 Å². The second-order valence-corrected chi connectivity index (χ2v) is 7.68. The maximum Gasteiger partial charge on any atom is 0.269 e. The van der Waals surface area contributed by atoms with E-state index in [1.54, 1.807) is 41.2 Å². The molecule has 0 bridgehead atoms. The molecule has 0 fully saturated rings. The van der Waals surface area contributed by atoms with Crippen LogP contribution in [0.3, 0.4) is 0 Å². The third kappa shape index (κ3) is 4.61. The van der Waals surface area contributed by atoms with Gasteiger partial charge in [0.25, 0.3) is 5.69 Å². The molecule has 0 saturated carbocycles. The molecule has 1 aromatic heterocycles. The van der Waals surface area contributed by atoms with Crippen LogP contribution in [0.25, 0.3) is 23.0 Å². The summed E-state index contributed by atoms with van der Waals surface area (Å²) < 4.78 is 1.69. The molecule has 6 nitrogen and oxygen atoms in total. The van der Waals surface area contributed by atoms with E-state index < -0.39 is 4.92 Å². The van der Waals surface area contributed by atoms with Crippen LogP contribution >= 0.6 is 23.2 Å². The Morgan fingerprint density at radius 1 is 1.00 bits per heavy atom. The van der Waals surface area contributed by atoms with Crippen molar-refractivity contribution in [2.45, 2.75) is 0 Å². The van der Waals surface area contributed by atoms with Gasteiger partial charge in [-0.05, 0) is 54.6 Å². The number of hydrogen-bond acceptors (Lipinski definition) is 4. The summed E-state index contributed by atoms with van der Waals surface area (Å²) in [5.74, 6) is -0.284. The quantitative estimate of drug-likeness (QED) is 0.139. The summed E-state index contributed by atoms with van der Waals surface area (Å²) in [7, 11) is 0. The first-order valence-corrected chi connectivity index (χ1v) is 10.3. The molecular weight excluding hydrogens is 449 g/mol. The molecule has 4 rings (SSSR count). The van der Waals surface area contributed by atoms with Crippen molar-refractivity contribution in [3.05, 3.63) is 116 Å². The molecule has 158 valence electrons. The highest BCUT2D eigenvalue weighted by molar-refractivity contribution is 6.37. The number of carbonyl (C=O) groups excluding carboxylic acids is 1. The normalized spacial score (nSPS) is 11.1. The highest BCUT2D eigenvalue weighted by Gasteiger charge is 2.14. The Kier molecular flexibility index (Phi) is 6.16. The van der Waals surface area contributed by atoms with E-state index in [2.05, 4.69) is 5.10 Å². The smallest absolute Gasteiger partial charge is 0.269 e. The lowest BCUT2D eigenvalue weighted by atomic mass is 10.1. The second-order valence-electron chi connectivity index (χ2n) is 6.84. The van der Waals surface area contributed by atoms with Crippen molar-refractivity contribution in [1.82, 2.24) is 9.78 Å². The van der Waals surface area contributed by atoms with Crippen molar-refractivity contribution >= 4 is 40.7 Å². The highest BCUT2D eigenvalue weighted by atomic mass is 35.5. The van der Waals surface area contributed by atoms with Crippen molar-refractivity contribution in [2.75, 3.05) is 0 Å². The molecule has 0 N–H and O–H groups in total. The maximum atomic E-state index is 12.7. The number of aromatic nitrogens is 2. The van der Waals surface area contributed by atoms with Gasteiger partial charge in [0.15, 0.2) is 5.78 Å². The minimum Gasteiger partial charge on any atom is -0.289 e. The molecule has 0 atom stereocenters. The van der Waals surface area contributed by atoms with Gasteiger partial charge in [-0.3, -0.25) is 14.9 Å². The van der Waals surface area contributed by atoms with Gasteiger partial charge in [-0.25, -0.2) is 4.68 Å². The molecule has 0 unspecified atom stereocenters. The molecule has 32 heavy (non-hydrogen) atoms. The molecule has 0 aliphatic rings. The molecule has 0 saturated heterocycles. The second kappa shape index (κ2) is 9.18. The van der Waals surface area contributed by atoms with Gasteiger partial charge in [0.05, 0.1) is 21.3 Å². The summed E-state index contributed by atoms with van der Waals surface area (Å²) in [6.45, 7) is 0. The molecule has 8 heteroatoms. The zero-order valence-electron chi connectivity index (χ0n) is 16.5. The van der Waals surface area contributed by atoms with Crippen LogP contribution < -0.4 is 0 Å². The number of carbonyl (C=O) groups is 1. The highest BCUT2D eigenvalue weighted by Crippen LogP contribution is 2.27. The number of para-hydroxylation sites is 1. The van der Waals surface area contributed by atoms with E-state index in [0.717, 1.165) is 5.69 Å². The standard InChI is InChI=1S/C24H15Cl2N3O3/c25-18-9-12-21(22(26)14-18)23(30)13-8-17-15-28(19-4-2-1-3-5-19)27-24(17)16-6-10-20(11-7-16)29(31)32/h1-15H/b13-8+. The Morgan fingerprint density at radius 2 is 1.72 bits per heavy atom. The lowest BCUT2D eigenvalue weighted by Crippen LogP contribution is -1.95. The van der Waals surface area contributed by atoms with E-state index >= 15 is 0 Å². The monoisotopic (exact) mass is 463 g/mol. The van der Waals surface area contributed by atoms with Crippen molar-refractivity contribution < 1.29 is 9.72 Å². The fourth-order valence-electron chi connectivity index (χ4n) is 3.13. The summed E-state index contributed by atoms with van der Waals surface area (Å²) in [5, 5.41) is 16.3. The number of benzene rings is 3. The van der Waals surface area contributed by atoms with Crippen LogP contribution in [0.4, 0.5) is 5.69 Å². The molecule has 1 heterocycles. The molecule has 0 amide bonds. The van der Waals surface area contributed by atoms with Crippen molar-refractivity contribution in [2.24, 2.45) is 0 Å². The van der Waals surface area contributed by atoms with E-state index in [-0.39, 0.29) is 16.5 Å². The third-order valence-corrected chi connectivity index (χ3v) is 5.27. The zero-order chi connectivity index (χ0) is 22.7. The molecule has 3 aromatic carbocycles. The van der Waals surface area contributed by atoms with Crippen LogP contribution in [0.1, 0.15) is 15.9 Å². The van der Waals surface area contributed by atoms with Crippen LogP contribution in [0.2, 0.25) is 10.0 Å². The number of nitro benzene ring substituents is 1. The number of nitro groups is 1. The summed E-state index contributed by atoms with van der Waals surface area (Å²) >= 11 is 12.1. The Balaban J connectivity index is 1.74. The predicted octanol–water partition coefficient (Wildman–Crippen LogP) is 6.65. The largest absolute Gasteiger partial charge is 0.289 e. The number of allylic oxidation sites excluding steroid dienone is 1. The number of hydrogen-bond donors (Lipinski definition) is 0. The van der Waals surface area contributed by atoms with Gasteiger partial charge in [0, 0.05) is 40.0 Å². The summed E-state index contributed by atoms with van der Waals surface area (Å²) in [6.07, 6.45) is 4.85. The molecule has 0 aliphatic heterocycles. The van der Waals surface area contributed by atoms with Gasteiger partial charge in [0.1, 0.15) is 0 Å². The van der Waals surface area contributed by atoms with Crippen molar-refractivity contribution in [3.63, 3.8) is 0 Å². The van der Waals surface area contributed by atoms with Crippen LogP contribution in [0.15, 0.2) is 85.1 Å². The Bertz CT molecular complexity index is 1330. The number of nitrogens with zero attached hydrogens (tertiary/aromatic N) is 3. The van der Waals surface area contributed by atoms with E-state index in [9.17, 15) is 14.9 Å². The van der Waals surface area contributed by atoms with Crippen molar-refractivity contribution in [1.29, 1.82) is 0 Å². The van der Waals surface area contributed by atoms with Gasteiger partial charge < -0.3 is 0 Å². The van der Waals surface area contributed by atoms with Crippen LogP contribution in [-0.2, 0) is 0 Å². The number of halogens is 2.